The van der Waals surface area contributed by atoms with Crippen LogP contribution in [-0.4, -0.2) is 55.1 Å². The van der Waals surface area contributed by atoms with Crippen molar-refractivity contribution in [2.45, 2.75) is 12.6 Å². The van der Waals surface area contributed by atoms with Crippen molar-refractivity contribution in [2.75, 3.05) is 39.4 Å². The fraction of sp³-hybridized carbons (Fsp3) is 0.235. The molecule has 2 aliphatic heterocycles. The molecule has 0 aliphatic carbocycles. The maximum absolute atomic E-state index is 14.1. The minimum absolute atomic E-state index is 0.124. The summed E-state index contributed by atoms with van der Waals surface area (Å²) in [6.45, 7) is 4.51. The summed E-state index contributed by atoms with van der Waals surface area (Å²) in [5, 5.41) is 2.92. The van der Waals surface area contributed by atoms with E-state index >= 15 is 0 Å². The lowest BCUT2D eigenvalue weighted by Gasteiger charge is -2.31. The number of amides is 1. The van der Waals surface area contributed by atoms with Crippen molar-refractivity contribution in [2.24, 2.45) is 0 Å². The molecule has 1 aromatic heterocycles. The van der Waals surface area contributed by atoms with Crippen LogP contribution in [0.2, 0.25) is 5.02 Å². The van der Waals surface area contributed by atoms with Crippen molar-refractivity contribution in [3.63, 3.8) is 0 Å². The fourth-order valence-electron chi connectivity index (χ4n) is 5.89. The highest BCUT2D eigenvalue weighted by molar-refractivity contribution is 6.30. The second-order valence-electron chi connectivity index (χ2n) is 10.7. The molecule has 7 rings (SSSR count). The Morgan fingerprint density at radius 1 is 0.833 bits per heavy atom. The molecule has 8 heteroatoms. The predicted molar refractivity (Wildman–Crippen MR) is 162 cm³/mol. The Balaban J connectivity index is 1.25. The van der Waals surface area contributed by atoms with Crippen molar-refractivity contribution in [1.29, 1.82) is 0 Å². The molecular formula is C34H29ClN2O5. The van der Waals surface area contributed by atoms with Crippen LogP contribution in [0.3, 0.4) is 0 Å². The zero-order valence-corrected chi connectivity index (χ0v) is 23.7. The molecule has 4 aromatic carbocycles. The number of hydrogen-bond acceptors (Lipinski definition) is 6. The molecule has 212 valence electrons. The Bertz CT molecular complexity index is 1830. The zero-order chi connectivity index (χ0) is 28.6. The molecule has 1 amide bonds. The van der Waals surface area contributed by atoms with Gasteiger partial charge in [-0.3, -0.25) is 14.5 Å². The van der Waals surface area contributed by atoms with Gasteiger partial charge in [-0.05, 0) is 46.8 Å². The Morgan fingerprint density at radius 2 is 1.60 bits per heavy atom. The van der Waals surface area contributed by atoms with Crippen LogP contribution in [0.15, 0.2) is 94.1 Å². The Hall–Kier alpha value is -4.17. The topological polar surface area (TPSA) is 72.2 Å². The van der Waals surface area contributed by atoms with Gasteiger partial charge in [0.15, 0.2) is 5.43 Å². The normalized spacial score (nSPS) is 17.2. The summed E-state index contributed by atoms with van der Waals surface area (Å²) in [4.78, 5) is 32.1. The number of carbonyl (C=O) groups excluding carboxylic acids is 1. The number of rotatable bonds is 7. The summed E-state index contributed by atoms with van der Waals surface area (Å²) in [5.74, 6) is 0.548. The van der Waals surface area contributed by atoms with Crippen molar-refractivity contribution in [3.8, 4) is 5.75 Å². The summed E-state index contributed by atoms with van der Waals surface area (Å²) < 4.78 is 17.8. The number of benzene rings is 4. The van der Waals surface area contributed by atoms with Gasteiger partial charge in [0, 0.05) is 36.6 Å². The lowest BCUT2D eigenvalue weighted by Crippen LogP contribution is -2.42. The number of fused-ring (bicyclic) bond motifs is 4. The molecule has 0 bridgehead atoms. The number of ether oxygens (including phenoxy) is 2. The average molecular weight is 581 g/mol. The van der Waals surface area contributed by atoms with E-state index in [2.05, 4.69) is 4.90 Å². The predicted octanol–water partition coefficient (Wildman–Crippen LogP) is 6.06. The van der Waals surface area contributed by atoms with Crippen LogP contribution < -0.4 is 10.2 Å². The van der Waals surface area contributed by atoms with Crippen LogP contribution in [0.5, 0.6) is 5.75 Å². The van der Waals surface area contributed by atoms with E-state index in [9.17, 15) is 9.59 Å². The van der Waals surface area contributed by atoms with Gasteiger partial charge in [0.1, 0.15) is 17.9 Å². The third kappa shape index (κ3) is 4.94. The van der Waals surface area contributed by atoms with E-state index in [0.29, 0.717) is 60.2 Å². The summed E-state index contributed by atoms with van der Waals surface area (Å²) in [6.07, 6.45) is 0. The third-order valence-corrected chi connectivity index (χ3v) is 8.39. The highest BCUT2D eigenvalue weighted by atomic mass is 35.5. The van der Waals surface area contributed by atoms with Crippen molar-refractivity contribution < 1.29 is 18.7 Å². The van der Waals surface area contributed by atoms with Gasteiger partial charge in [-0.2, -0.15) is 0 Å². The lowest BCUT2D eigenvalue weighted by molar-refractivity contribution is 0.0314. The molecule has 1 atom stereocenters. The van der Waals surface area contributed by atoms with Crippen molar-refractivity contribution in [3.05, 3.63) is 123 Å². The van der Waals surface area contributed by atoms with Gasteiger partial charge in [0.2, 0.25) is 5.76 Å². The van der Waals surface area contributed by atoms with Gasteiger partial charge in [-0.25, -0.2) is 0 Å². The standard InChI is InChI=1S/C34H29ClN2O5/c35-25-10-5-22(6-11-25)21-41-26-12-7-24(8-13-26)30-29-31(38)28-14-9-23-3-1-2-4-27(23)32(28)42-33(29)34(39)37(30)16-15-36-17-19-40-20-18-36/h1-14,30H,15-21H2. The highest BCUT2D eigenvalue weighted by Crippen LogP contribution is 2.39. The molecule has 2 aliphatic rings. The minimum Gasteiger partial charge on any atom is -0.489 e. The minimum atomic E-state index is -0.564. The van der Waals surface area contributed by atoms with Crippen molar-refractivity contribution in [1.82, 2.24) is 9.80 Å². The summed E-state index contributed by atoms with van der Waals surface area (Å²) in [7, 11) is 0. The van der Waals surface area contributed by atoms with Gasteiger partial charge in [0.05, 0.1) is 30.2 Å². The maximum Gasteiger partial charge on any atom is 0.290 e. The molecule has 1 saturated heterocycles. The van der Waals surface area contributed by atoms with Gasteiger partial charge < -0.3 is 18.8 Å². The first kappa shape index (κ1) is 26.7. The second kappa shape index (κ2) is 11.2. The van der Waals surface area contributed by atoms with E-state index in [1.165, 1.54) is 0 Å². The second-order valence-corrected chi connectivity index (χ2v) is 11.1. The Morgan fingerprint density at radius 3 is 2.38 bits per heavy atom. The molecule has 1 fully saturated rings. The molecule has 7 nitrogen and oxygen atoms in total. The summed E-state index contributed by atoms with van der Waals surface area (Å²) >= 11 is 6.00. The molecule has 0 radical (unpaired) electrons. The SMILES string of the molecule is O=C1c2oc3c(ccc4ccccc43)c(=O)c2C(c2ccc(OCc3ccc(Cl)cc3)cc2)N1CCN1CCOCC1. The monoisotopic (exact) mass is 580 g/mol. The Labute approximate surface area is 247 Å². The highest BCUT2D eigenvalue weighted by Gasteiger charge is 2.42. The van der Waals surface area contributed by atoms with Gasteiger partial charge in [0.25, 0.3) is 5.91 Å². The molecule has 0 N–H and O–H groups in total. The van der Waals surface area contributed by atoms with Crippen LogP contribution in [0.4, 0.5) is 0 Å². The first-order valence-electron chi connectivity index (χ1n) is 14.1. The zero-order valence-electron chi connectivity index (χ0n) is 22.9. The fourth-order valence-corrected chi connectivity index (χ4v) is 6.02. The molecule has 0 spiro atoms. The van der Waals surface area contributed by atoms with Crippen LogP contribution in [0, 0.1) is 0 Å². The first-order valence-corrected chi connectivity index (χ1v) is 14.5. The molecule has 3 heterocycles. The summed E-state index contributed by atoms with van der Waals surface area (Å²) in [5.41, 5.74) is 2.50. The van der Waals surface area contributed by atoms with Crippen LogP contribution in [-0.2, 0) is 11.3 Å². The molecule has 42 heavy (non-hydrogen) atoms. The molecule has 0 saturated carbocycles. The van der Waals surface area contributed by atoms with Gasteiger partial charge >= 0.3 is 0 Å². The quantitative estimate of drug-likeness (QED) is 0.218. The lowest BCUT2D eigenvalue weighted by atomic mass is 9.97. The van der Waals surface area contributed by atoms with Crippen LogP contribution in [0.25, 0.3) is 21.7 Å². The number of carbonyl (C=O) groups is 1. The largest absolute Gasteiger partial charge is 0.489 e. The average Bonchev–Trinajstić information content (AvgIpc) is 3.31. The number of hydrogen-bond donors (Lipinski definition) is 0. The number of halogens is 1. The first-order chi connectivity index (χ1) is 20.6. The number of nitrogens with zero attached hydrogens (tertiary/aromatic N) is 2. The summed E-state index contributed by atoms with van der Waals surface area (Å²) in [6, 6.07) is 26.0. The smallest absolute Gasteiger partial charge is 0.290 e. The molecule has 1 unspecified atom stereocenters. The van der Waals surface area contributed by atoms with Gasteiger partial charge in [-0.1, -0.05) is 66.2 Å². The van der Waals surface area contributed by atoms with E-state index in [4.69, 9.17) is 25.5 Å². The van der Waals surface area contributed by atoms with Crippen LogP contribution in [0.1, 0.15) is 33.3 Å². The molecule has 5 aromatic rings. The van der Waals surface area contributed by atoms with E-state index in [1.807, 2.05) is 78.9 Å². The number of morpholine rings is 1. The van der Waals surface area contributed by atoms with E-state index in [1.54, 1.807) is 11.0 Å². The van der Waals surface area contributed by atoms with Crippen LogP contribution >= 0.6 is 11.6 Å². The van der Waals surface area contributed by atoms with E-state index in [0.717, 1.165) is 35.0 Å². The maximum atomic E-state index is 14.1. The van der Waals surface area contributed by atoms with E-state index in [-0.39, 0.29) is 17.1 Å². The molecular weight excluding hydrogens is 552 g/mol. The van der Waals surface area contributed by atoms with Gasteiger partial charge in [-0.15, -0.1) is 0 Å². The van der Waals surface area contributed by atoms with Crippen molar-refractivity contribution >= 4 is 39.2 Å². The van der Waals surface area contributed by atoms with E-state index < -0.39 is 6.04 Å². The Kier molecular flexibility index (Phi) is 7.15. The third-order valence-electron chi connectivity index (χ3n) is 8.13.